The van der Waals surface area contributed by atoms with Gasteiger partial charge in [-0.15, -0.1) is 0 Å². The quantitative estimate of drug-likeness (QED) is 0.180. The van der Waals surface area contributed by atoms with Gasteiger partial charge >= 0.3 is 0 Å². The van der Waals surface area contributed by atoms with Crippen molar-refractivity contribution in [1.82, 2.24) is 9.13 Å². The van der Waals surface area contributed by atoms with E-state index in [1.165, 1.54) is 93.8 Å². The van der Waals surface area contributed by atoms with Crippen molar-refractivity contribution in [2.75, 3.05) is 0 Å². The van der Waals surface area contributed by atoms with Crippen LogP contribution in [0.4, 0.5) is 0 Å². The van der Waals surface area contributed by atoms with Gasteiger partial charge < -0.3 is 9.13 Å². The smallest absolute Gasteiger partial charge is 0.0543 e. The molecule has 11 rings (SSSR count). The van der Waals surface area contributed by atoms with Crippen molar-refractivity contribution in [1.29, 1.82) is 0 Å². The normalized spacial score (nSPS) is 12.2. The molecule has 1 aliphatic rings. The second-order valence-electron chi connectivity index (χ2n) is 13.7. The maximum atomic E-state index is 2.48. The van der Waals surface area contributed by atoms with Gasteiger partial charge in [-0.05, 0) is 100.0 Å². The summed E-state index contributed by atoms with van der Waals surface area (Å²) in [5, 5.41) is 5.07. The number of hydrogen-bond acceptors (Lipinski definition) is 0. The van der Waals surface area contributed by atoms with Crippen LogP contribution in [0.15, 0.2) is 182 Å². The van der Waals surface area contributed by atoms with Gasteiger partial charge in [-0.1, -0.05) is 127 Å². The number of rotatable bonds is 4. The first-order valence-corrected chi connectivity index (χ1v) is 17.7. The molecule has 0 unspecified atom stereocenters. The second kappa shape index (κ2) is 10.9. The van der Waals surface area contributed by atoms with E-state index in [0.717, 1.165) is 12.1 Å². The number of benzene rings is 8. The fourth-order valence-corrected chi connectivity index (χ4v) is 8.63. The number of para-hydroxylation sites is 2. The van der Waals surface area contributed by atoms with Gasteiger partial charge in [0, 0.05) is 32.8 Å². The highest BCUT2D eigenvalue weighted by Gasteiger charge is 2.24. The van der Waals surface area contributed by atoms with Crippen molar-refractivity contribution in [2.24, 2.45) is 0 Å². The Morgan fingerprint density at radius 3 is 1.59 bits per heavy atom. The molecule has 0 radical (unpaired) electrons. The standard InChI is InChI=1S/C49H32N2/c1-2-11-32(12-3-1)33-21-25-38(26-22-33)50-44-18-8-6-16-40(44)42-30-34(23-27-46(42)50)35-24-28-47-43(31-35)41-17-7-9-19-45(41)51(47)48-20-10-14-37-29-36-13-4-5-15-39(36)49(37)48/h1-28,30-31H,29H2. The van der Waals surface area contributed by atoms with Gasteiger partial charge in [-0.2, -0.15) is 0 Å². The van der Waals surface area contributed by atoms with Gasteiger partial charge in [-0.25, -0.2) is 0 Å². The van der Waals surface area contributed by atoms with E-state index in [0.29, 0.717) is 0 Å². The molecular formula is C49H32N2. The van der Waals surface area contributed by atoms with Crippen molar-refractivity contribution >= 4 is 43.6 Å². The molecule has 0 atom stereocenters. The Labute approximate surface area is 296 Å². The third kappa shape index (κ3) is 4.23. The lowest BCUT2D eigenvalue weighted by Crippen LogP contribution is -1.97. The largest absolute Gasteiger partial charge is 0.309 e. The summed E-state index contributed by atoms with van der Waals surface area (Å²) in [6, 6.07) is 66.8. The van der Waals surface area contributed by atoms with E-state index < -0.39 is 0 Å². The molecular weight excluding hydrogens is 617 g/mol. The molecule has 0 fully saturated rings. The van der Waals surface area contributed by atoms with E-state index in [9.17, 15) is 0 Å². The molecule has 2 nitrogen and oxygen atoms in total. The van der Waals surface area contributed by atoms with E-state index in [1.54, 1.807) is 0 Å². The van der Waals surface area contributed by atoms with Crippen LogP contribution in [0.1, 0.15) is 11.1 Å². The fourth-order valence-electron chi connectivity index (χ4n) is 8.63. The first-order valence-electron chi connectivity index (χ1n) is 17.7. The Hall–Kier alpha value is -6.64. The van der Waals surface area contributed by atoms with Crippen LogP contribution in [0.5, 0.6) is 0 Å². The molecule has 238 valence electrons. The first-order chi connectivity index (χ1) is 25.3. The number of fused-ring (bicyclic) bond motifs is 9. The Balaban J connectivity index is 1.07. The summed E-state index contributed by atoms with van der Waals surface area (Å²) < 4.78 is 4.88. The fraction of sp³-hybridized carbons (Fsp3) is 0.0204. The molecule has 0 saturated heterocycles. The molecule has 0 bridgehead atoms. The summed E-state index contributed by atoms with van der Waals surface area (Å²) in [5.41, 5.74) is 17.7. The average Bonchev–Trinajstić information content (AvgIpc) is 3.86. The summed E-state index contributed by atoms with van der Waals surface area (Å²) in [6.45, 7) is 0. The number of nitrogens with zero attached hydrogens (tertiary/aromatic N) is 2. The maximum absolute atomic E-state index is 2.48. The van der Waals surface area contributed by atoms with Gasteiger partial charge in [0.15, 0.2) is 0 Å². The summed E-state index contributed by atoms with van der Waals surface area (Å²) in [5.74, 6) is 0. The van der Waals surface area contributed by atoms with E-state index in [-0.39, 0.29) is 0 Å². The van der Waals surface area contributed by atoms with Crippen LogP contribution in [0.2, 0.25) is 0 Å². The number of aromatic nitrogens is 2. The molecule has 1 aliphatic carbocycles. The second-order valence-corrected chi connectivity index (χ2v) is 13.7. The van der Waals surface area contributed by atoms with Gasteiger partial charge in [0.25, 0.3) is 0 Å². The molecule has 0 aliphatic heterocycles. The van der Waals surface area contributed by atoms with Gasteiger partial charge in [0.2, 0.25) is 0 Å². The van der Waals surface area contributed by atoms with E-state index in [4.69, 9.17) is 0 Å². The summed E-state index contributed by atoms with van der Waals surface area (Å²) in [4.78, 5) is 0. The van der Waals surface area contributed by atoms with E-state index >= 15 is 0 Å². The van der Waals surface area contributed by atoms with Crippen molar-refractivity contribution in [3.63, 3.8) is 0 Å². The van der Waals surface area contributed by atoms with Crippen LogP contribution in [-0.4, -0.2) is 9.13 Å². The predicted molar refractivity (Wildman–Crippen MR) is 214 cm³/mol. The van der Waals surface area contributed by atoms with Crippen molar-refractivity contribution in [3.8, 4) is 44.8 Å². The topological polar surface area (TPSA) is 9.86 Å². The van der Waals surface area contributed by atoms with Crippen LogP contribution in [-0.2, 0) is 6.42 Å². The minimum atomic E-state index is 0.985. The molecule has 51 heavy (non-hydrogen) atoms. The van der Waals surface area contributed by atoms with Crippen LogP contribution in [0.3, 0.4) is 0 Å². The Morgan fingerprint density at radius 1 is 0.333 bits per heavy atom. The average molecular weight is 649 g/mol. The van der Waals surface area contributed by atoms with E-state index in [1.807, 2.05) is 0 Å². The first kappa shape index (κ1) is 28.2. The van der Waals surface area contributed by atoms with Crippen LogP contribution < -0.4 is 0 Å². The van der Waals surface area contributed by atoms with Crippen molar-refractivity contribution in [3.05, 3.63) is 193 Å². The SMILES string of the molecule is c1ccc(-c2ccc(-n3c4ccccc4c4cc(-c5ccc6c(c5)c5ccccc5n6-c5cccc6c5-c5ccccc5C6)ccc43)cc2)cc1. The van der Waals surface area contributed by atoms with Gasteiger partial charge in [0.05, 0.1) is 27.8 Å². The molecule has 8 aromatic carbocycles. The Morgan fingerprint density at radius 2 is 0.863 bits per heavy atom. The van der Waals surface area contributed by atoms with Gasteiger partial charge in [-0.3, -0.25) is 0 Å². The van der Waals surface area contributed by atoms with E-state index in [2.05, 4.69) is 191 Å². The number of hydrogen-bond donors (Lipinski definition) is 0. The van der Waals surface area contributed by atoms with Crippen LogP contribution in [0.25, 0.3) is 88.4 Å². The molecule has 0 spiro atoms. The van der Waals surface area contributed by atoms with Gasteiger partial charge in [0.1, 0.15) is 0 Å². The molecule has 2 aromatic heterocycles. The molecule has 0 saturated carbocycles. The molecule has 0 N–H and O–H groups in total. The molecule has 2 heterocycles. The zero-order valence-corrected chi connectivity index (χ0v) is 27.9. The third-order valence-electron chi connectivity index (χ3n) is 10.9. The monoisotopic (exact) mass is 648 g/mol. The van der Waals surface area contributed by atoms with Crippen molar-refractivity contribution in [2.45, 2.75) is 6.42 Å². The Bertz CT molecular complexity index is 2980. The minimum absolute atomic E-state index is 0.985. The molecule has 10 aromatic rings. The molecule has 2 heteroatoms. The minimum Gasteiger partial charge on any atom is -0.309 e. The zero-order valence-electron chi connectivity index (χ0n) is 27.9. The molecule has 0 amide bonds. The summed E-state index contributed by atoms with van der Waals surface area (Å²) >= 11 is 0. The highest BCUT2D eigenvalue weighted by molar-refractivity contribution is 6.13. The predicted octanol–water partition coefficient (Wildman–Crippen LogP) is 12.8. The highest BCUT2D eigenvalue weighted by atomic mass is 15.0. The lowest BCUT2D eigenvalue weighted by atomic mass is 10.0. The third-order valence-corrected chi connectivity index (χ3v) is 10.9. The highest BCUT2D eigenvalue weighted by Crippen LogP contribution is 2.44. The van der Waals surface area contributed by atoms with Crippen molar-refractivity contribution < 1.29 is 0 Å². The van der Waals surface area contributed by atoms with Crippen LogP contribution in [0, 0.1) is 0 Å². The lowest BCUT2D eigenvalue weighted by Gasteiger charge is -2.14. The lowest BCUT2D eigenvalue weighted by molar-refractivity contribution is 1.17. The zero-order chi connectivity index (χ0) is 33.5. The Kier molecular flexibility index (Phi) is 6.05. The summed E-state index contributed by atoms with van der Waals surface area (Å²) in [7, 11) is 0. The van der Waals surface area contributed by atoms with Crippen LogP contribution >= 0.6 is 0 Å². The maximum Gasteiger partial charge on any atom is 0.0543 e. The summed E-state index contributed by atoms with van der Waals surface area (Å²) in [6.07, 6.45) is 0.985.